The zero-order chi connectivity index (χ0) is 14.8. The van der Waals surface area contributed by atoms with Gasteiger partial charge in [-0.25, -0.2) is 15.0 Å². The van der Waals surface area contributed by atoms with Crippen LogP contribution in [0.25, 0.3) is 0 Å². The first kappa shape index (κ1) is 16.7. The van der Waals surface area contributed by atoms with Crippen LogP contribution in [0.5, 0.6) is 0 Å². The highest BCUT2D eigenvalue weighted by molar-refractivity contribution is 6.96. The van der Waals surface area contributed by atoms with Crippen molar-refractivity contribution < 1.29 is 0 Å². The van der Waals surface area contributed by atoms with Crippen LogP contribution in [0.3, 0.4) is 0 Å². The Hall–Kier alpha value is -0.339. The molecular weight excluding hydrogens is 282 g/mol. The van der Waals surface area contributed by atoms with Crippen molar-refractivity contribution in [3.63, 3.8) is 0 Å². The van der Waals surface area contributed by atoms with Crippen LogP contribution in [0.4, 0.5) is 0 Å². The van der Waals surface area contributed by atoms with Gasteiger partial charge in [-0.2, -0.15) is 0 Å². The van der Waals surface area contributed by atoms with E-state index in [-0.39, 0.29) is 8.80 Å². The number of hydrogen-bond acceptors (Lipinski definition) is 3. The molecule has 0 unspecified atom stereocenters. The summed E-state index contributed by atoms with van der Waals surface area (Å²) in [6.45, 7) is 19.2. The van der Waals surface area contributed by atoms with Crippen molar-refractivity contribution in [2.24, 2.45) is 0 Å². The van der Waals surface area contributed by atoms with Gasteiger partial charge in [0.05, 0.1) is 24.9 Å². The van der Waals surface area contributed by atoms with Gasteiger partial charge < -0.3 is 0 Å². The molecule has 0 N–H and O–H groups in total. The zero-order valence-electron chi connectivity index (χ0n) is 13.7. The average molecular weight is 311 g/mol. The predicted octanol–water partition coefficient (Wildman–Crippen LogP) is 3.55. The van der Waals surface area contributed by atoms with E-state index in [4.69, 9.17) is 4.98 Å². The van der Waals surface area contributed by atoms with E-state index in [1.807, 2.05) is 0 Å². The van der Waals surface area contributed by atoms with Gasteiger partial charge in [-0.1, -0.05) is 52.4 Å². The van der Waals surface area contributed by atoms with Crippen LogP contribution in [-0.4, -0.2) is 39.9 Å². The molecule has 6 heteroatoms. The van der Waals surface area contributed by atoms with E-state index in [0.717, 1.165) is 17.7 Å². The van der Waals surface area contributed by atoms with Gasteiger partial charge in [0.1, 0.15) is 18.0 Å². The number of hydrogen-bond donors (Lipinski definition) is 0. The highest BCUT2D eigenvalue weighted by Crippen LogP contribution is 2.33. The van der Waals surface area contributed by atoms with Crippen molar-refractivity contribution in [2.75, 3.05) is 0 Å². The molecule has 107 valence electrons. The quantitative estimate of drug-likeness (QED) is 0.781. The van der Waals surface area contributed by atoms with E-state index in [1.165, 1.54) is 0 Å². The minimum Gasteiger partial charge on any atom is -0.222 e. The van der Waals surface area contributed by atoms with Crippen LogP contribution in [0.2, 0.25) is 52.4 Å². The van der Waals surface area contributed by atoms with Gasteiger partial charge in [0, 0.05) is 11.2 Å². The molecule has 1 rings (SSSR count). The Morgan fingerprint density at radius 1 is 1.00 bits per heavy atom. The van der Waals surface area contributed by atoms with Crippen LogP contribution in [0.15, 0.2) is 6.33 Å². The largest absolute Gasteiger partial charge is 0.222 e. The minimum atomic E-state index is -1.31. The van der Waals surface area contributed by atoms with Crippen molar-refractivity contribution >= 4 is 24.9 Å². The Morgan fingerprint density at radius 2 is 1.53 bits per heavy atom. The topological polar surface area (TPSA) is 38.7 Å². The lowest BCUT2D eigenvalue weighted by molar-refractivity contribution is 0.864. The summed E-state index contributed by atoms with van der Waals surface area (Å²) in [5.41, 5.74) is 0. The maximum atomic E-state index is 4.82. The van der Waals surface area contributed by atoms with Crippen molar-refractivity contribution in [1.29, 1.82) is 0 Å². The molecule has 19 heavy (non-hydrogen) atoms. The summed E-state index contributed by atoms with van der Waals surface area (Å²) >= 11 is 0. The maximum Gasteiger partial charge on any atom is 0.130 e. The normalized spacial score (nSPS) is 13.4. The van der Waals surface area contributed by atoms with Gasteiger partial charge in [0.15, 0.2) is 0 Å². The summed E-state index contributed by atoms with van der Waals surface area (Å²) in [6, 6.07) is 1.05. The van der Waals surface area contributed by atoms with Gasteiger partial charge in [0.2, 0.25) is 0 Å². The molecule has 0 saturated heterocycles. The number of rotatable bonds is 5. The molecule has 1 heterocycles. The molecule has 0 aliphatic heterocycles. The third kappa shape index (κ3) is 4.92. The fraction of sp³-hybridized carbons (Fsp3) is 0.769. The second-order valence-corrected chi connectivity index (χ2v) is 21.8. The van der Waals surface area contributed by atoms with Crippen molar-refractivity contribution in [3.05, 3.63) is 18.0 Å². The molecule has 0 spiro atoms. The first-order valence-corrected chi connectivity index (χ1v) is 16.8. The van der Waals surface area contributed by atoms with E-state index in [2.05, 4.69) is 62.3 Å². The number of aromatic nitrogens is 3. The molecule has 1 radical (unpaired) electrons. The third-order valence-corrected chi connectivity index (χ3v) is 13.3. The van der Waals surface area contributed by atoms with E-state index < -0.39 is 16.1 Å². The summed E-state index contributed by atoms with van der Waals surface area (Å²) < 4.78 is 0. The molecule has 0 atom stereocenters. The molecule has 0 amide bonds. The highest BCUT2D eigenvalue weighted by atomic mass is 28.4. The van der Waals surface area contributed by atoms with E-state index >= 15 is 0 Å². The molecule has 0 aliphatic carbocycles. The second-order valence-electron chi connectivity index (χ2n) is 7.81. The van der Waals surface area contributed by atoms with Gasteiger partial charge in [-0.05, 0) is 0 Å². The lowest BCUT2D eigenvalue weighted by Crippen LogP contribution is -2.47. The van der Waals surface area contributed by atoms with E-state index in [9.17, 15) is 0 Å². The summed E-state index contributed by atoms with van der Waals surface area (Å²) in [5.74, 6) is 2.08. The Bertz CT molecular complexity index is 408. The Morgan fingerprint density at radius 3 is 1.95 bits per heavy atom. The number of nitrogens with zero attached hydrogens (tertiary/aromatic N) is 3. The Kier molecular flexibility index (Phi) is 5.25. The fourth-order valence-electron chi connectivity index (χ4n) is 2.96. The molecule has 1 aromatic rings. The third-order valence-electron chi connectivity index (χ3n) is 3.14. The first-order valence-electron chi connectivity index (χ1n) is 6.98. The lowest BCUT2D eigenvalue weighted by atomic mass is 10.6. The SMILES string of the molecule is C[Si](C)Cc1ncnc(C([Si](C)(C)C)[Si](C)(C)C)n1. The zero-order valence-corrected chi connectivity index (χ0v) is 16.7. The van der Waals surface area contributed by atoms with Crippen molar-refractivity contribution in [3.8, 4) is 0 Å². The summed E-state index contributed by atoms with van der Waals surface area (Å²) in [5, 5.41) is 0.603. The fourth-order valence-corrected chi connectivity index (χ4v) is 16.0. The second kappa shape index (κ2) is 5.97. The molecule has 0 bridgehead atoms. The minimum absolute atomic E-state index is 0.329. The van der Waals surface area contributed by atoms with E-state index in [0.29, 0.717) is 5.16 Å². The maximum absolute atomic E-state index is 4.82. The van der Waals surface area contributed by atoms with Gasteiger partial charge in [0.25, 0.3) is 0 Å². The monoisotopic (exact) mass is 310 g/mol. The summed E-state index contributed by atoms with van der Waals surface area (Å²) in [6.07, 6.45) is 1.73. The molecule has 3 nitrogen and oxygen atoms in total. The Labute approximate surface area is 121 Å². The smallest absolute Gasteiger partial charge is 0.130 e. The van der Waals surface area contributed by atoms with E-state index in [1.54, 1.807) is 6.33 Å². The standard InChI is InChI=1S/C13H28N3Si3/c1-17(2)9-11-14-10-15-12(16-11)13(18(3,4)5)19(6,7)8/h10,13H,9H2,1-8H3. The van der Waals surface area contributed by atoms with Crippen LogP contribution in [-0.2, 0) is 6.04 Å². The van der Waals surface area contributed by atoms with Crippen LogP contribution < -0.4 is 0 Å². The molecule has 0 aromatic carbocycles. The highest BCUT2D eigenvalue weighted by Gasteiger charge is 2.40. The average Bonchev–Trinajstić information content (AvgIpc) is 2.11. The summed E-state index contributed by atoms with van der Waals surface area (Å²) in [4.78, 5) is 13.7. The molecule has 0 fully saturated rings. The van der Waals surface area contributed by atoms with Crippen LogP contribution in [0.1, 0.15) is 16.8 Å². The van der Waals surface area contributed by atoms with Gasteiger partial charge >= 0.3 is 0 Å². The summed E-state index contributed by atoms with van der Waals surface area (Å²) in [7, 11) is -2.95. The predicted molar refractivity (Wildman–Crippen MR) is 90.4 cm³/mol. The van der Waals surface area contributed by atoms with Crippen LogP contribution in [0, 0.1) is 0 Å². The molecule has 0 aliphatic rings. The lowest BCUT2D eigenvalue weighted by Gasteiger charge is -2.37. The molecule has 1 aromatic heterocycles. The van der Waals surface area contributed by atoms with Crippen LogP contribution >= 0.6 is 0 Å². The molecule has 0 saturated carbocycles. The Balaban J connectivity index is 3.17. The molecular formula is C13H28N3Si3. The van der Waals surface area contributed by atoms with Gasteiger partial charge in [-0.3, -0.25) is 0 Å². The van der Waals surface area contributed by atoms with Crippen molar-refractivity contribution in [2.45, 2.75) is 63.6 Å². The van der Waals surface area contributed by atoms with Gasteiger partial charge in [-0.15, -0.1) is 0 Å². The van der Waals surface area contributed by atoms with Crippen molar-refractivity contribution in [1.82, 2.24) is 15.0 Å². The first-order chi connectivity index (χ1) is 8.51.